The lowest BCUT2D eigenvalue weighted by Crippen LogP contribution is -2.48. The molecular weight excluding hydrogens is 366 g/mol. The van der Waals surface area contributed by atoms with Gasteiger partial charge in [0, 0.05) is 50.2 Å². The smallest absolute Gasteiger partial charge is 0.229 e. The minimum Gasteiger partial charge on any atom is -0.355 e. The Hall–Kier alpha value is -2.96. The van der Waals surface area contributed by atoms with Crippen LogP contribution in [0.2, 0.25) is 0 Å². The molecule has 3 heterocycles. The number of anilines is 2. The van der Waals surface area contributed by atoms with Crippen LogP contribution < -0.4 is 10.2 Å². The maximum Gasteiger partial charge on any atom is 0.229 e. The van der Waals surface area contributed by atoms with E-state index in [1.54, 1.807) is 18.6 Å². The third-order valence-electron chi connectivity index (χ3n) is 5.86. The number of likely N-dealkylation sites (tertiary alicyclic amines) is 1. The highest BCUT2D eigenvalue weighted by Crippen LogP contribution is 2.26. The number of nitrogens with zero attached hydrogens (tertiary/aromatic N) is 4. The summed E-state index contributed by atoms with van der Waals surface area (Å²) < 4.78 is 0. The van der Waals surface area contributed by atoms with E-state index in [-0.39, 0.29) is 23.7 Å². The van der Waals surface area contributed by atoms with Gasteiger partial charge in [-0.3, -0.25) is 14.6 Å². The molecule has 0 saturated carbocycles. The number of carbonyl (C=O) groups excluding carboxylic acids is 2. The number of rotatable bonds is 4. The van der Waals surface area contributed by atoms with Crippen LogP contribution in [-0.4, -0.2) is 52.9 Å². The minimum absolute atomic E-state index is 0.00571. The number of aromatic nitrogens is 2. The second kappa shape index (κ2) is 9.03. The Morgan fingerprint density at radius 3 is 2.48 bits per heavy atom. The summed E-state index contributed by atoms with van der Waals surface area (Å²) in [5, 5.41) is 2.98. The molecule has 2 amide bonds. The lowest BCUT2D eigenvalue weighted by molar-refractivity contribution is -0.139. The summed E-state index contributed by atoms with van der Waals surface area (Å²) in [5.74, 6) is 0.952. The summed E-state index contributed by atoms with van der Waals surface area (Å²) >= 11 is 0. The fourth-order valence-electron chi connectivity index (χ4n) is 4.23. The zero-order chi connectivity index (χ0) is 20.1. The zero-order valence-electron chi connectivity index (χ0n) is 16.5. The van der Waals surface area contributed by atoms with Gasteiger partial charge < -0.3 is 15.1 Å². The van der Waals surface area contributed by atoms with Crippen molar-refractivity contribution < 1.29 is 9.59 Å². The number of benzene rings is 1. The van der Waals surface area contributed by atoms with Gasteiger partial charge in [-0.1, -0.05) is 18.2 Å². The SMILES string of the molecule is O=C(Nc1ccccc1)C1CCCN(C(=O)C2CCN(c3cnccn3)CC2)C1. The molecule has 7 nitrogen and oxygen atoms in total. The normalized spacial score (nSPS) is 20.3. The molecule has 2 aliphatic heterocycles. The van der Waals surface area contributed by atoms with E-state index >= 15 is 0 Å². The van der Waals surface area contributed by atoms with Gasteiger partial charge in [0.1, 0.15) is 5.82 Å². The van der Waals surface area contributed by atoms with Crippen LogP contribution in [0.15, 0.2) is 48.9 Å². The van der Waals surface area contributed by atoms with Gasteiger partial charge in [-0.2, -0.15) is 0 Å². The van der Waals surface area contributed by atoms with Crippen LogP contribution in [0.1, 0.15) is 25.7 Å². The van der Waals surface area contributed by atoms with Crippen molar-refractivity contribution in [3.05, 3.63) is 48.9 Å². The van der Waals surface area contributed by atoms with Gasteiger partial charge in [-0.05, 0) is 37.8 Å². The van der Waals surface area contributed by atoms with Gasteiger partial charge in [-0.25, -0.2) is 4.98 Å². The standard InChI is InChI=1S/C22H27N5O2/c28-21(25-19-6-2-1-3-7-19)18-5-4-12-27(16-18)22(29)17-8-13-26(14-9-17)20-15-23-10-11-24-20/h1-3,6-7,10-11,15,17-18H,4-5,8-9,12-14,16H2,(H,25,28). The number of nitrogens with one attached hydrogen (secondary N) is 1. The monoisotopic (exact) mass is 393 g/mol. The van der Waals surface area contributed by atoms with E-state index in [4.69, 9.17) is 0 Å². The van der Waals surface area contributed by atoms with E-state index in [2.05, 4.69) is 20.2 Å². The van der Waals surface area contributed by atoms with Crippen LogP contribution in [0.25, 0.3) is 0 Å². The van der Waals surface area contributed by atoms with Crippen molar-refractivity contribution in [2.24, 2.45) is 11.8 Å². The molecule has 0 radical (unpaired) electrons. The molecule has 0 bridgehead atoms. The Bertz CT molecular complexity index is 822. The number of para-hydroxylation sites is 1. The molecule has 7 heteroatoms. The Morgan fingerprint density at radius 2 is 1.76 bits per heavy atom. The fraction of sp³-hybridized carbons (Fsp3) is 0.455. The second-order valence-corrected chi connectivity index (χ2v) is 7.80. The average molecular weight is 393 g/mol. The topological polar surface area (TPSA) is 78.4 Å². The third kappa shape index (κ3) is 4.72. The number of hydrogen-bond donors (Lipinski definition) is 1. The molecule has 4 rings (SSSR count). The molecule has 1 N–H and O–H groups in total. The fourth-order valence-corrected chi connectivity index (χ4v) is 4.23. The van der Waals surface area contributed by atoms with E-state index in [0.717, 1.165) is 56.8 Å². The van der Waals surface area contributed by atoms with E-state index in [1.165, 1.54) is 0 Å². The molecule has 1 atom stereocenters. The molecular formula is C22H27N5O2. The van der Waals surface area contributed by atoms with Crippen molar-refractivity contribution in [1.82, 2.24) is 14.9 Å². The first-order valence-electron chi connectivity index (χ1n) is 10.4. The first-order chi connectivity index (χ1) is 14.2. The largest absolute Gasteiger partial charge is 0.355 e. The van der Waals surface area contributed by atoms with E-state index < -0.39 is 0 Å². The molecule has 0 aliphatic carbocycles. The minimum atomic E-state index is -0.146. The van der Waals surface area contributed by atoms with Crippen molar-refractivity contribution in [3.63, 3.8) is 0 Å². The number of carbonyl (C=O) groups is 2. The average Bonchev–Trinajstić information content (AvgIpc) is 2.80. The molecule has 1 aromatic carbocycles. The van der Waals surface area contributed by atoms with E-state index in [9.17, 15) is 9.59 Å². The lowest BCUT2D eigenvalue weighted by Gasteiger charge is -2.37. The number of piperidine rings is 2. The highest BCUT2D eigenvalue weighted by Gasteiger charge is 2.33. The predicted molar refractivity (Wildman–Crippen MR) is 111 cm³/mol. The van der Waals surface area contributed by atoms with Gasteiger partial charge in [0.05, 0.1) is 12.1 Å². The Balaban J connectivity index is 1.30. The van der Waals surface area contributed by atoms with Crippen LogP contribution in [0.4, 0.5) is 11.5 Å². The molecule has 0 spiro atoms. The summed E-state index contributed by atoms with van der Waals surface area (Å²) in [6.07, 6.45) is 8.45. The summed E-state index contributed by atoms with van der Waals surface area (Å²) in [5.41, 5.74) is 0.803. The van der Waals surface area contributed by atoms with Crippen molar-refractivity contribution in [2.45, 2.75) is 25.7 Å². The number of hydrogen-bond acceptors (Lipinski definition) is 5. The highest BCUT2D eigenvalue weighted by atomic mass is 16.2. The molecule has 2 aliphatic rings. The van der Waals surface area contributed by atoms with Gasteiger partial charge in [0.2, 0.25) is 11.8 Å². The first kappa shape index (κ1) is 19.4. The Labute approximate surface area is 171 Å². The van der Waals surface area contributed by atoms with Crippen molar-refractivity contribution >= 4 is 23.3 Å². The molecule has 2 fully saturated rings. The first-order valence-corrected chi connectivity index (χ1v) is 10.4. The summed E-state index contributed by atoms with van der Waals surface area (Å²) in [4.78, 5) is 38.3. The molecule has 1 aromatic heterocycles. The highest BCUT2D eigenvalue weighted by molar-refractivity contribution is 5.93. The van der Waals surface area contributed by atoms with Crippen LogP contribution in [0, 0.1) is 11.8 Å². The van der Waals surface area contributed by atoms with Gasteiger partial charge in [0.25, 0.3) is 0 Å². The molecule has 2 saturated heterocycles. The Kier molecular flexibility index (Phi) is 6.03. The summed E-state index contributed by atoms with van der Waals surface area (Å²) in [6.45, 7) is 2.88. The van der Waals surface area contributed by atoms with Crippen molar-refractivity contribution in [2.75, 3.05) is 36.4 Å². The maximum atomic E-state index is 13.1. The lowest BCUT2D eigenvalue weighted by atomic mass is 9.92. The summed E-state index contributed by atoms with van der Waals surface area (Å²) in [7, 11) is 0. The van der Waals surface area contributed by atoms with Gasteiger partial charge in [-0.15, -0.1) is 0 Å². The second-order valence-electron chi connectivity index (χ2n) is 7.80. The maximum absolute atomic E-state index is 13.1. The van der Waals surface area contributed by atoms with Crippen molar-refractivity contribution in [1.29, 1.82) is 0 Å². The van der Waals surface area contributed by atoms with E-state index in [0.29, 0.717) is 6.54 Å². The third-order valence-corrected chi connectivity index (χ3v) is 5.86. The molecule has 29 heavy (non-hydrogen) atoms. The molecule has 2 aromatic rings. The van der Waals surface area contributed by atoms with Crippen LogP contribution in [0.5, 0.6) is 0 Å². The summed E-state index contributed by atoms with van der Waals surface area (Å²) in [6, 6.07) is 9.49. The molecule has 1 unspecified atom stereocenters. The van der Waals surface area contributed by atoms with Crippen LogP contribution >= 0.6 is 0 Å². The predicted octanol–water partition coefficient (Wildman–Crippen LogP) is 2.57. The van der Waals surface area contributed by atoms with Crippen molar-refractivity contribution in [3.8, 4) is 0 Å². The zero-order valence-corrected chi connectivity index (χ0v) is 16.5. The van der Waals surface area contributed by atoms with E-state index in [1.807, 2.05) is 35.2 Å². The quantitative estimate of drug-likeness (QED) is 0.864. The molecule has 152 valence electrons. The van der Waals surface area contributed by atoms with Gasteiger partial charge in [0.15, 0.2) is 0 Å². The van der Waals surface area contributed by atoms with Crippen LogP contribution in [0.3, 0.4) is 0 Å². The van der Waals surface area contributed by atoms with Gasteiger partial charge >= 0.3 is 0 Å². The Morgan fingerprint density at radius 1 is 0.966 bits per heavy atom. The van der Waals surface area contributed by atoms with Crippen LogP contribution in [-0.2, 0) is 9.59 Å². The number of amides is 2.